The molecule has 0 atom stereocenters. The third-order valence-corrected chi connectivity index (χ3v) is 5.59. The van der Waals surface area contributed by atoms with Crippen LogP contribution < -0.4 is 5.32 Å². The number of carbonyl (C=O) groups is 2. The Morgan fingerprint density at radius 2 is 2.04 bits per heavy atom. The number of benzene rings is 1. The van der Waals surface area contributed by atoms with Crippen LogP contribution in [0, 0.1) is 12.7 Å². The number of ether oxygens (including phenoxy) is 1. The lowest BCUT2D eigenvalue weighted by Gasteiger charge is -2.33. The Morgan fingerprint density at radius 1 is 1.29 bits per heavy atom. The Labute approximate surface area is 161 Å². The first-order valence-corrected chi connectivity index (χ1v) is 9.42. The second-order valence-electron chi connectivity index (χ2n) is 7.45. The highest BCUT2D eigenvalue weighted by Crippen LogP contribution is 2.30. The van der Waals surface area contributed by atoms with Crippen LogP contribution in [-0.4, -0.2) is 45.5 Å². The first-order valence-electron chi connectivity index (χ1n) is 9.42. The van der Waals surface area contributed by atoms with Crippen LogP contribution >= 0.6 is 0 Å². The van der Waals surface area contributed by atoms with Crippen LogP contribution in [0.25, 0.3) is 5.69 Å². The topological polar surface area (TPSA) is 93.5 Å². The SMILES string of the molecule is Cc1ccc(-n2nc(C(=O)NC3(C(=O)O)CCOCC3)c3c2CCC3)c(F)c1. The summed E-state index contributed by atoms with van der Waals surface area (Å²) < 4.78 is 21.2. The summed E-state index contributed by atoms with van der Waals surface area (Å²) in [5.41, 5.74) is 1.49. The lowest BCUT2D eigenvalue weighted by molar-refractivity contribution is -0.148. The monoisotopic (exact) mass is 387 g/mol. The molecule has 28 heavy (non-hydrogen) atoms. The van der Waals surface area contributed by atoms with Crippen LogP contribution in [0.4, 0.5) is 4.39 Å². The van der Waals surface area contributed by atoms with Gasteiger partial charge in [-0.25, -0.2) is 13.9 Å². The van der Waals surface area contributed by atoms with E-state index in [-0.39, 0.29) is 31.7 Å². The molecule has 1 amide bonds. The molecule has 2 aliphatic rings. The number of halogens is 1. The highest BCUT2D eigenvalue weighted by atomic mass is 19.1. The minimum atomic E-state index is -1.36. The maximum absolute atomic E-state index is 14.5. The third-order valence-electron chi connectivity index (χ3n) is 5.59. The van der Waals surface area contributed by atoms with Gasteiger partial charge < -0.3 is 15.2 Å². The van der Waals surface area contributed by atoms with Crippen LogP contribution in [0.2, 0.25) is 0 Å². The van der Waals surface area contributed by atoms with Crippen molar-refractivity contribution in [3.63, 3.8) is 0 Å². The minimum absolute atomic E-state index is 0.180. The number of rotatable bonds is 4. The van der Waals surface area contributed by atoms with Crippen molar-refractivity contribution in [2.75, 3.05) is 13.2 Å². The van der Waals surface area contributed by atoms with E-state index in [4.69, 9.17) is 4.74 Å². The summed E-state index contributed by atoms with van der Waals surface area (Å²) >= 11 is 0. The fourth-order valence-corrected chi connectivity index (χ4v) is 3.99. The molecule has 1 aromatic carbocycles. The van der Waals surface area contributed by atoms with E-state index >= 15 is 0 Å². The van der Waals surface area contributed by atoms with Crippen LogP contribution in [0.15, 0.2) is 18.2 Å². The van der Waals surface area contributed by atoms with Crippen LogP contribution in [0.5, 0.6) is 0 Å². The first kappa shape index (κ1) is 18.6. The van der Waals surface area contributed by atoms with E-state index in [9.17, 15) is 19.1 Å². The van der Waals surface area contributed by atoms with Gasteiger partial charge in [0.2, 0.25) is 0 Å². The number of fused-ring (bicyclic) bond motifs is 1. The highest BCUT2D eigenvalue weighted by Gasteiger charge is 2.43. The van der Waals surface area contributed by atoms with Gasteiger partial charge in [-0.15, -0.1) is 0 Å². The predicted octanol–water partition coefficient (Wildman–Crippen LogP) is 2.17. The summed E-state index contributed by atoms with van der Waals surface area (Å²) in [5, 5.41) is 16.7. The van der Waals surface area contributed by atoms with Gasteiger partial charge in [0.1, 0.15) is 17.0 Å². The average Bonchev–Trinajstić information content (AvgIpc) is 3.25. The molecular formula is C20H22FN3O4. The van der Waals surface area contributed by atoms with E-state index in [1.54, 1.807) is 19.1 Å². The average molecular weight is 387 g/mol. The number of nitrogens with zero attached hydrogens (tertiary/aromatic N) is 2. The zero-order chi connectivity index (χ0) is 19.9. The molecule has 8 heteroatoms. The van der Waals surface area contributed by atoms with Crippen LogP contribution in [0.1, 0.15) is 46.6 Å². The van der Waals surface area contributed by atoms with Crippen molar-refractivity contribution in [3.05, 3.63) is 46.5 Å². The summed E-state index contributed by atoms with van der Waals surface area (Å²) in [7, 11) is 0. The van der Waals surface area contributed by atoms with Gasteiger partial charge in [-0.05, 0) is 43.9 Å². The van der Waals surface area contributed by atoms with Gasteiger partial charge in [-0.2, -0.15) is 5.10 Å². The highest BCUT2D eigenvalue weighted by molar-refractivity contribution is 5.98. The molecule has 1 saturated heterocycles. The van der Waals surface area contributed by atoms with Crippen molar-refractivity contribution in [3.8, 4) is 5.69 Å². The van der Waals surface area contributed by atoms with Gasteiger partial charge in [0.25, 0.3) is 5.91 Å². The molecule has 0 saturated carbocycles. The number of carboxylic acids is 1. The van der Waals surface area contributed by atoms with Crippen molar-refractivity contribution in [2.24, 2.45) is 0 Å². The second kappa shape index (κ2) is 7.01. The predicted molar refractivity (Wildman–Crippen MR) is 98.2 cm³/mol. The number of aromatic nitrogens is 2. The Morgan fingerprint density at radius 3 is 2.71 bits per heavy atom. The quantitative estimate of drug-likeness (QED) is 0.839. The molecule has 0 bridgehead atoms. The van der Waals surface area contributed by atoms with Crippen molar-refractivity contribution in [1.82, 2.24) is 15.1 Å². The van der Waals surface area contributed by atoms with Crippen molar-refractivity contribution in [2.45, 2.75) is 44.6 Å². The number of aliphatic carboxylic acids is 1. The van der Waals surface area contributed by atoms with Gasteiger partial charge >= 0.3 is 5.97 Å². The second-order valence-corrected chi connectivity index (χ2v) is 7.45. The number of hydrogen-bond acceptors (Lipinski definition) is 4. The standard InChI is InChI=1S/C20H22FN3O4/c1-12-5-6-16(14(21)11-12)24-15-4-2-3-13(15)17(23-24)18(25)22-20(19(26)27)7-9-28-10-8-20/h5-6,11H,2-4,7-10H2,1H3,(H,22,25)(H,26,27). The number of aryl methyl sites for hydroxylation is 1. The molecule has 0 unspecified atom stereocenters. The molecule has 1 fully saturated rings. The number of carboxylic acid groups (broad SMARTS) is 1. The molecular weight excluding hydrogens is 365 g/mol. The summed E-state index contributed by atoms with van der Waals surface area (Å²) in [4.78, 5) is 24.8. The fourth-order valence-electron chi connectivity index (χ4n) is 3.99. The molecule has 0 radical (unpaired) electrons. The van der Waals surface area contributed by atoms with Gasteiger partial charge in [0, 0.05) is 37.3 Å². The number of hydrogen-bond donors (Lipinski definition) is 2. The minimum Gasteiger partial charge on any atom is -0.480 e. The molecule has 2 heterocycles. The van der Waals surface area contributed by atoms with Crippen molar-refractivity contribution < 1.29 is 23.8 Å². The van der Waals surface area contributed by atoms with E-state index in [1.165, 1.54) is 10.7 Å². The zero-order valence-electron chi connectivity index (χ0n) is 15.6. The molecule has 1 aliphatic heterocycles. The first-order chi connectivity index (χ1) is 13.4. The molecule has 4 rings (SSSR count). The largest absolute Gasteiger partial charge is 0.480 e. The Hall–Kier alpha value is -2.74. The Kier molecular flexibility index (Phi) is 4.66. The summed E-state index contributed by atoms with van der Waals surface area (Å²) in [5.74, 6) is -2.02. The Bertz CT molecular complexity index is 947. The molecule has 7 nitrogen and oxygen atoms in total. The van der Waals surface area contributed by atoms with Gasteiger partial charge in [-0.1, -0.05) is 6.07 Å². The maximum Gasteiger partial charge on any atom is 0.329 e. The van der Waals surface area contributed by atoms with Gasteiger partial charge in [0.05, 0.1) is 0 Å². The van der Waals surface area contributed by atoms with Crippen LogP contribution in [-0.2, 0) is 22.4 Å². The lowest BCUT2D eigenvalue weighted by Crippen LogP contribution is -2.57. The molecule has 148 valence electrons. The van der Waals surface area contributed by atoms with Gasteiger partial charge in [0.15, 0.2) is 5.69 Å². The van der Waals surface area contributed by atoms with E-state index < -0.39 is 23.2 Å². The summed E-state index contributed by atoms with van der Waals surface area (Å²) in [6, 6.07) is 4.87. The third kappa shape index (κ3) is 3.07. The van der Waals surface area contributed by atoms with Crippen LogP contribution in [0.3, 0.4) is 0 Å². The molecule has 0 spiro atoms. The van der Waals surface area contributed by atoms with E-state index in [0.717, 1.165) is 23.2 Å². The molecule has 2 N–H and O–H groups in total. The normalized spacial score (nSPS) is 17.9. The fraction of sp³-hybridized carbons (Fsp3) is 0.450. The number of amides is 1. The smallest absolute Gasteiger partial charge is 0.329 e. The van der Waals surface area contributed by atoms with E-state index in [0.29, 0.717) is 18.5 Å². The zero-order valence-corrected chi connectivity index (χ0v) is 15.6. The summed E-state index contributed by atoms with van der Waals surface area (Å²) in [6.07, 6.45) is 2.60. The molecule has 1 aromatic heterocycles. The van der Waals surface area contributed by atoms with Gasteiger partial charge in [-0.3, -0.25) is 4.79 Å². The van der Waals surface area contributed by atoms with Crippen molar-refractivity contribution >= 4 is 11.9 Å². The molecule has 2 aromatic rings. The Balaban J connectivity index is 1.71. The lowest BCUT2D eigenvalue weighted by atomic mass is 9.90. The number of nitrogens with one attached hydrogen (secondary N) is 1. The van der Waals surface area contributed by atoms with Crippen molar-refractivity contribution in [1.29, 1.82) is 0 Å². The molecule has 1 aliphatic carbocycles. The number of carbonyl (C=O) groups excluding carboxylic acids is 1. The maximum atomic E-state index is 14.5. The van der Waals surface area contributed by atoms with E-state index in [1.807, 2.05) is 0 Å². The van der Waals surface area contributed by atoms with E-state index in [2.05, 4.69) is 10.4 Å². The summed E-state index contributed by atoms with van der Waals surface area (Å²) in [6.45, 7) is 2.35.